The molecule has 0 aliphatic heterocycles. The Balaban J connectivity index is 1.67. The van der Waals surface area contributed by atoms with E-state index in [-0.39, 0.29) is 17.6 Å². The molecular weight excluding hydrogens is 386 g/mol. The van der Waals surface area contributed by atoms with Gasteiger partial charge in [0, 0.05) is 18.3 Å². The van der Waals surface area contributed by atoms with Crippen molar-refractivity contribution in [1.29, 1.82) is 0 Å². The average molecular weight is 410 g/mol. The number of thioether (sulfide) groups is 1. The molecule has 0 bridgehead atoms. The second-order valence-corrected chi connectivity index (χ2v) is 7.69. The predicted molar refractivity (Wildman–Crippen MR) is 116 cm³/mol. The number of rotatable bonds is 6. The Morgan fingerprint density at radius 3 is 2.28 bits per heavy atom. The van der Waals surface area contributed by atoms with Gasteiger partial charge in [-0.05, 0) is 62.2 Å². The molecule has 2 aromatic carbocycles. The van der Waals surface area contributed by atoms with Crippen LogP contribution in [-0.2, 0) is 9.59 Å². The molecule has 2 N–H and O–H groups in total. The number of carbonyl (C=O) groups excluding carboxylic acids is 2. The lowest BCUT2D eigenvalue weighted by atomic mass is 10.1. The lowest BCUT2D eigenvalue weighted by Crippen LogP contribution is -2.15. The van der Waals surface area contributed by atoms with Crippen LogP contribution in [0.25, 0.3) is 5.69 Å². The molecule has 0 unspecified atom stereocenters. The molecule has 2 amide bonds. The zero-order chi connectivity index (χ0) is 21.0. The van der Waals surface area contributed by atoms with Gasteiger partial charge >= 0.3 is 0 Å². The standard InChI is InChI=1S/C21H23N5O2S/c1-13-5-6-14(2)19(11-13)26-15(3)24-25-21(26)29-12-20(28)23-18-9-7-17(8-10-18)22-16(4)27/h5-11H,12H2,1-4H3,(H,22,27)(H,23,28). The van der Waals surface area contributed by atoms with Gasteiger partial charge in [0.05, 0.1) is 11.4 Å². The number of anilines is 2. The molecule has 1 heterocycles. The van der Waals surface area contributed by atoms with Crippen molar-refractivity contribution in [3.8, 4) is 5.69 Å². The maximum absolute atomic E-state index is 12.4. The van der Waals surface area contributed by atoms with Crippen molar-refractivity contribution in [1.82, 2.24) is 14.8 Å². The molecule has 3 rings (SSSR count). The van der Waals surface area contributed by atoms with E-state index in [2.05, 4.69) is 39.0 Å². The van der Waals surface area contributed by atoms with E-state index < -0.39 is 0 Å². The summed E-state index contributed by atoms with van der Waals surface area (Å²) in [5.74, 6) is 0.697. The van der Waals surface area contributed by atoms with E-state index >= 15 is 0 Å². The van der Waals surface area contributed by atoms with Crippen LogP contribution in [0.15, 0.2) is 47.6 Å². The van der Waals surface area contributed by atoms with Gasteiger partial charge in [-0.15, -0.1) is 10.2 Å². The van der Waals surface area contributed by atoms with Crippen LogP contribution in [0.3, 0.4) is 0 Å². The third kappa shape index (κ3) is 5.23. The average Bonchev–Trinajstić information content (AvgIpc) is 3.03. The Bertz CT molecular complexity index is 1040. The van der Waals surface area contributed by atoms with Crippen LogP contribution >= 0.6 is 11.8 Å². The summed E-state index contributed by atoms with van der Waals surface area (Å²) in [5.41, 5.74) is 4.63. The van der Waals surface area contributed by atoms with Crippen LogP contribution in [0, 0.1) is 20.8 Å². The Kier molecular flexibility index (Phi) is 6.33. The minimum absolute atomic E-state index is 0.138. The van der Waals surface area contributed by atoms with Crippen LogP contribution in [0.4, 0.5) is 11.4 Å². The third-order valence-electron chi connectivity index (χ3n) is 4.22. The smallest absolute Gasteiger partial charge is 0.234 e. The van der Waals surface area contributed by atoms with Crippen molar-refractivity contribution in [3.63, 3.8) is 0 Å². The number of aryl methyl sites for hydroxylation is 3. The van der Waals surface area contributed by atoms with E-state index in [0.29, 0.717) is 16.5 Å². The first kappa shape index (κ1) is 20.6. The first-order chi connectivity index (χ1) is 13.8. The molecule has 150 valence electrons. The number of amides is 2. The van der Waals surface area contributed by atoms with Crippen LogP contribution in [-0.4, -0.2) is 32.3 Å². The number of carbonyl (C=O) groups is 2. The van der Waals surface area contributed by atoms with Crippen molar-refractivity contribution in [2.75, 3.05) is 16.4 Å². The Labute approximate surface area is 173 Å². The topological polar surface area (TPSA) is 88.9 Å². The number of aromatic nitrogens is 3. The van der Waals surface area contributed by atoms with Gasteiger partial charge in [-0.1, -0.05) is 23.9 Å². The molecule has 0 saturated heterocycles. The number of hydrogen-bond acceptors (Lipinski definition) is 5. The van der Waals surface area contributed by atoms with Crippen molar-refractivity contribution >= 4 is 35.0 Å². The fourth-order valence-corrected chi connectivity index (χ4v) is 3.63. The molecule has 8 heteroatoms. The third-order valence-corrected chi connectivity index (χ3v) is 5.15. The molecule has 0 fully saturated rings. The second kappa shape index (κ2) is 8.91. The van der Waals surface area contributed by atoms with Crippen LogP contribution in [0.2, 0.25) is 0 Å². The van der Waals surface area contributed by atoms with E-state index in [1.807, 2.05) is 25.3 Å². The predicted octanol–water partition coefficient (Wildman–Crippen LogP) is 3.88. The highest BCUT2D eigenvalue weighted by Crippen LogP contribution is 2.25. The zero-order valence-electron chi connectivity index (χ0n) is 16.8. The lowest BCUT2D eigenvalue weighted by molar-refractivity contribution is -0.114. The SMILES string of the molecule is CC(=O)Nc1ccc(NC(=O)CSc2nnc(C)n2-c2cc(C)ccc2C)cc1. The molecule has 0 spiro atoms. The maximum atomic E-state index is 12.4. The molecule has 0 radical (unpaired) electrons. The van der Waals surface area contributed by atoms with Crippen molar-refractivity contribution in [3.05, 3.63) is 59.4 Å². The largest absolute Gasteiger partial charge is 0.326 e. The summed E-state index contributed by atoms with van der Waals surface area (Å²) in [6.07, 6.45) is 0. The molecule has 1 aromatic heterocycles. The van der Waals surface area contributed by atoms with Gasteiger partial charge in [0.1, 0.15) is 5.82 Å². The molecule has 29 heavy (non-hydrogen) atoms. The number of nitrogens with one attached hydrogen (secondary N) is 2. The maximum Gasteiger partial charge on any atom is 0.234 e. The highest BCUT2D eigenvalue weighted by Gasteiger charge is 2.15. The van der Waals surface area contributed by atoms with E-state index in [0.717, 1.165) is 22.6 Å². The lowest BCUT2D eigenvalue weighted by Gasteiger charge is -2.12. The first-order valence-corrected chi connectivity index (χ1v) is 10.1. The molecular formula is C21H23N5O2S. The Hall–Kier alpha value is -3.13. The van der Waals surface area contributed by atoms with E-state index in [1.54, 1.807) is 24.3 Å². The molecule has 0 atom stereocenters. The van der Waals surface area contributed by atoms with Gasteiger partial charge in [0.25, 0.3) is 0 Å². The monoisotopic (exact) mass is 409 g/mol. The summed E-state index contributed by atoms with van der Waals surface area (Å²) in [7, 11) is 0. The quantitative estimate of drug-likeness (QED) is 0.603. The number of nitrogens with zero attached hydrogens (tertiary/aromatic N) is 3. The summed E-state index contributed by atoms with van der Waals surface area (Å²) in [6, 6.07) is 13.2. The van der Waals surface area contributed by atoms with Crippen molar-refractivity contribution < 1.29 is 9.59 Å². The molecule has 7 nitrogen and oxygen atoms in total. The minimum Gasteiger partial charge on any atom is -0.326 e. The van der Waals surface area contributed by atoms with Gasteiger partial charge in [-0.25, -0.2) is 0 Å². The molecule has 0 aliphatic rings. The van der Waals surface area contributed by atoms with Gasteiger partial charge in [0.15, 0.2) is 5.16 Å². The van der Waals surface area contributed by atoms with Crippen LogP contribution in [0.1, 0.15) is 23.9 Å². The molecule has 3 aromatic rings. The summed E-state index contributed by atoms with van der Waals surface area (Å²) in [5, 5.41) is 14.6. The van der Waals surface area contributed by atoms with Gasteiger partial charge < -0.3 is 10.6 Å². The Morgan fingerprint density at radius 2 is 1.62 bits per heavy atom. The fourth-order valence-electron chi connectivity index (χ4n) is 2.84. The van der Waals surface area contributed by atoms with Gasteiger partial charge in [-0.2, -0.15) is 0 Å². The Morgan fingerprint density at radius 1 is 0.966 bits per heavy atom. The van der Waals surface area contributed by atoms with E-state index in [1.165, 1.54) is 18.7 Å². The number of benzene rings is 2. The summed E-state index contributed by atoms with van der Waals surface area (Å²) >= 11 is 1.34. The summed E-state index contributed by atoms with van der Waals surface area (Å²) < 4.78 is 1.97. The number of hydrogen-bond donors (Lipinski definition) is 2. The zero-order valence-corrected chi connectivity index (χ0v) is 17.6. The molecule has 0 aliphatic carbocycles. The van der Waals surface area contributed by atoms with Crippen molar-refractivity contribution in [2.45, 2.75) is 32.9 Å². The summed E-state index contributed by atoms with van der Waals surface area (Å²) in [4.78, 5) is 23.4. The fraction of sp³-hybridized carbons (Fsp3) is 0.238. The van der Waals surface area contributed by atoms with Crippen LogP contribution in [0.5, 0.6) is 0 Å². The minimum atomic E-state index is -0.143. The van der Waals surface area contributed by atoms with Gasteiger partial charge in [0.2, 0.25) is 11.8 Å². The van der Waals surface area contributed by atoms with Crippen molar-refractivity contribution in [2.24, 2.45) is 0 Å². The second-order valence-electron chi connectivity index (χ2n) is 6.75. The normalized spacial score (nSPS) is 10.6. The summed E-state index contributed by atoms with van der Waals surface area (Å²) in [6.45, 7) is 7.43. The highest BCUT2D eigenvalue weighted by molar-refractivity contribution is 7.99. The van der Waals surface area contributed by atoms with Gasteiger partial charge in [-0.3, -0.25) is 14.2 Å². The van der Waals surface area contributed by atoms with Crippen LogP contribution < -0.4 is 10.6 Å². The molecule has 0 saturated carbocycles. The van der Waals surface area contributed by atoms with E-state index in [9.17, 15) is 9.59 Å². The highest BCUT2D eigenvalue weighted by atomic mass is 32.2. The first-order valence-electron chi connectivity index (χ1n) is 9.13. The van der Waals surface area contributed by atoms with E-state index in [4.69, 9.17) is 0 Å².